The number of nitrogens with zero attached hydrogens (tertiary/aromatic N) is 5. The van der Waals surface area contributed by atoms with Gasteiger partial charge in [0.15, 0.2) is 5.82 Å². The number of hydrogen-bond acceptors (Lipinski definition) is 12. The molecule has 0 radical (unpaired) electrons. The second kappa shape index (κ2) is 12.4. The van der Waals surface area contributed by atoms with Gasteiger partial charge in [-0.05, 0) is 51.2 Å². The van der Waals surface area contributed by atoms with Gasteiger partial charge in [0.1, 0.15) is 17.1 Å². The van der Waals surface area contributed by atoms with E-state index >= 15 is 0 Å². The van der Waals surface area contributed by atoms with Crippen LogP contribution in [0.4, 0.5) is 4.79 Å². The average Bonchev–Trinajstić information content (AvgIpc) is 3.24. The van der Waals surface area contributed by atoms with Gasteiger partial charge >= 0.3 is 19.2 Å². The number of tetrazole rings is 1. The Bertz CT molecular complexity index is 1080. The minimum Gasteiger partial charge on any atom is -0.535 e. The fourth-order valence-electron chi connectivity index (χ4n) is 3.53. The van der Waals surface area contributed by atoms with E-state index in [0.29, 0.717) is 24.4 Å². The summed E-state index contributed by atoms with van der Waals surface area (Å²) in [4.78, 5) is 39.9. The molecule has 0 spiro atoms. The van der Waals surface area contributed by atoms with Gasteiger partial charge in [-0.2, -0.15) is 4.80 Å². The van der Waals surface area contributed by atoms with Crippen molar-refractivity contribution < 1.29 is 38.3 Å². The van der Waals surface area contributed by atoms with Crippen molar-refractivity contribution in [1.29, 1.82) is 0 Å². The lowest BCUT2D eigenvalue weighted by Crippen LogP contribution is -2.36. The van der Waals surface area contributed by atoms with Crippen LogP contribution in [0.1, 0.15) is 42.0 Å². The van der Waals surface area contributed by atoms with E-state index in [-0.39, 0.29) is 36.0 Å². The molecule has 1 aromatic carbocycles. The SMILES string of the molecule is CC(C)OC(=O)OCOC(=O)c1cccc2c1OB(O)[C@@H](CC(=O)Cc1nnn(CCN(C)C)n1)C2. The third-order valence-electron chi connectivity index (χ3n) is 5.23. The topological polar surface area (TPSA) is 155 Å². The number of aromatic nitrogens is 4. The Morgan fingerprint density at radius 1 is 1.28 bits per heavy atom. The van der Waals surface area contributed by atoms with Crippen molar-refractivity contribution in [3.8, 4) is 5.75 Å². The molecule has 1 aliphatic rings. The second-order valence-electron chi connectivity index (χ2n) is 8.90. The predicted molar refractivity (Wildman–Crippen MR) is 125 cm³/mol. The van der Waals surface area contributed by atoms with Crippen molar-refractivity contribution in [2.75, 3.05) is 27.4 Å². The third-order valence-corrected chi connectivity index (χ3v) is 5.23. The summed E-state index contributed by atoms with van der Waals surface area (Å²) in [6.45, 7) is 3.97. The molecular weight excluding hydrogens is 473 g/mol. The highest BCUT2D eigenvalue weighted by Crippen LogP contribution is 2.36. The molecule has 3 rings (SSSR count). The van der Waals surface area contributed by atoms with Gasteiger partial charge in [-0.1, -0.05) is 12.1 Å². The molecule has 1 atom stereocenters. The van der Waals surface area contributed by atoms with Crippen molar-refractivity contribution >= 4 is 25.0 Å². The van der Waals surface area contributed by atoms with Crippen LogP contribution in [0.3, 0.4) is 0 Å². The smallest absolute Gasteiger partial charge is 0.526 e. The number of para-hydroxylation sites is 1. The van der Waals surface area contributed by atoms with Crippen molar-refractivity contribution in [1.82, 2.24) is 25.1 Å². The van der Waals surface area contributed by atoms with E-state index in [1.165, 1.54) is 10.9 Å². The molecule has 2 heterocycles. The summed E-state index contributed by atoms with van der Waals surface area (Å²) < 4.78 is 20.1. The van der Waals surface area contributed by atoms with E-state index in [1.54, 1.807) is 26.0 Å². The Morgan fingerprint density at radius 3 is 2.78 bits per heavy atom. The number of carbonyl (C=O) groups excluding carboxylic acids is 3. The van der Waals surface area contributed by atoms with Gasteiger partial charge in [-0.3, -0.25) is 4.79 Å². The first-order chi connectivity index (χ1) is 17.1. The van der Waals surface area contributed by atoms with E-state index in [2.05, 4.69) is 15.4 Å². The molecule has 0 saturated heterocycles. The predicted octanol–water partition coefficient (Wildman–Crippen LogP) is 0.898. The monoisotopic (exact) mass is 503 g/mol. The number of benzene rings is 1. The molecule has 0 unspecified atom stereocenters. The lowest BCUT2D eigenvalue weighted by molar-refractivity contribution is -0.118. The Hall–Kier alpha value is -3.52. The standard InChI is InChI=1S/C22H30BN5O8/c1-14(2)35-22(31)34-13-33-21(30)18-7-5-6-15-10-16(23(32)36-20(15)18)11-17(29)12-19-24-26-28(25-19)9-8-27(3)4/h5-7,14,16,32H,8-13H2,1-4H3/t16-/m1/s1. The molecule has 0 bridgehead atoms. The molecule has 14 heteroatoms. The largest absolute Gasteiger partial charge is 0.535 e. The summed E-state index contributed by atoms with van der Waals surface area (Å²) in [7, 11) is 2.56. The number of Topliss-reactive ketones (excluding diaryl/α,β-unsaturated/α-hetero) is 1. The van der Waals surface area contributed by atoms with Crippen LogP contribution in [0, 0.1) is 0 Å². The number of ether oxygens (including phenoxy) is 3. The van der Waals surface area contributed by atoms with Gasteiger partial charge in [-0.15, -0.1) is 10.2 Å². The van der Waals surface area contributed by atoms with Crippen LogP contribution in [0.25, 0.3) is 0 Å². The normalized spacial score (nSPS) is 14.9. The summed E-state index contributed by atoms with van der Waals surface area (Å²) >= 11 is 0. The summed E-state index contributed by atoms with van der Waals surface area (Å²) in [5.41, 5.74) is 0.705. The third kappa shape index (κ3) is 7.75. The zero-order valence-electron chi connectivity index (χ0n) is 20.7. The lowest BCUT2D eigenvalue weighted by Gasteiger charge is -2.28. The van der Waals surface area contributed by atoms with Gasteiger partial charge in [0.25, 0.3) is 0 Å². The molecule has 13 nitrogen and oxygen atoms in total. The molecule has 1 aliphatic heterocycles. The Balaban J connectivity index is 1.55. The highest BCUT2D eigenvalue weighted by Gasteiger charge is 2.38. The van der Waals surface area contributed by atoms with Crippen molar-refractivity contribution in [3.63, 3.8) is 0 Å². The Morgan fingerprint density at radius 2 is 2.06 bits per heavy atom. The fraction of sp³-hybridized carbons (Fsp3) is 0.545. The molecule has 0 saturated carbocycles. The first-order valence-corrected chi connectivity index (χ1v) is 11.5. The number of hydrogen-bond donors (Lipinski definition) is 1. The first kappa shape index (κ1) is 27.1. The van der Waals surface area contributed by atoms with E-state index in [9.17, 15) is 19.4 Å². The molecule has 194 valence electrons. The average molecular weight is 503 g/mol. The number of ketones is 1. The van der Waals surface area contributed by atoms with Crippen LogP contribution in [-0.2, 0) is 38.4 Å². The van der Waals surface area contributed by atoms with Gasteiger partial charge in [-0.25, -0.2) is 9.59 Å². The highest BCUT2D eigenvalue weighted by molar-refractivity contribution is 6.47. The molecule has 0 aliphatic carbocycles. The fourth-order valence-corrected chi connectivity index (χ4v) is 3.53. The van der Waals surface area contributed by atoms with E-state index in [1.807, 2.05) is 19.0 Å². The molecule has 36 heavy (non-hydrogen) atoms. The number of esters is 1. The van der Waals surface area contributed by atoms with Gasteiger partial charge in [0.05, 0.1) is 19.1 Å². The van der Waals surface area contributed by atoms with Crippen LogP contribution < -0.4 is 4.65 Å². The van der Waals surface area contributed by atoms with Crippen molar-refractivity contribution in [2.45, 2.75) is 51.6 Å². The number of carbonyl (C=O) groups is 3. The van der Waals surface area contributed by atoms with Gasteiger partial charge in [0, 0.05) is 18.8 Å². The lowest BCUT2D eigenvalue weighted by atomic mass is 9.64. The van der Waals surface area contributed by atoms with Crippen molar-refractivity contribution in [2.24, 2.45) is 0 Å². The molecule has 2 aromatic rings. The molecular formula is C22H30BN5O8. The van der Waals surface area contributed by atoms with Crippen LogP contribution in [0.5, 0.6) is 5.75 Å². The summed E-state index contributed by atoms with van der Waals surface area (Å²) in [6.07, 6.45) is -0.999. The van der Waals surface area contributed by atoms with Crippen LogP contribution in [0.15, 0.2) is 18.2 Å². The van der Waals surface area contributed by atoms with E-state index in [4.69, 9.17) is 18.9 Å². The molecule has 0 fully saturated rings. The minimum absolute atomic E-state index is 0.0103. The summed E-state index contributed by atoms with van der Waals surface area (Å²) in [5, 5.41) is 22.6. The molecule has 1 N–H and O–H groups in total. The molecule has 0 amide bonds. The maximum absolute atomic E-state index is 12.6. The first-order valence-electron chi connectivity index (χ1n) is 11.5. The Labute approximate surface area is 208 Å². The van der Waals surface area contributed by atoms with Crippen molar-refractivity contribution in [3.05, 3.63) is 35.2 Å². The van der Waals surface area contributed by atoms with Crippen LogP contribution in [-0.4, -0.2) is 88.7 Å². The van der Waals surface area contributed by atoms with Gasteiger partial charge in [0.2, 0.25) is 6.79 Å². The zero-order valence-corrected chi connectivity index (χ0v) is 20.7. The number of fused-ring (bicyclic) bond motifs is 1. The van der Waals surface area contributed by atoms with Crippen LogP contribution in [0.2, 0.25) is 5.82 Å². The molecule has 1 aromatic heterocycles. The number of likely N-dealkylation sites (N-methyl/N-ethyl adjacent to an activating group) is 1. The highest BCUT2D eigenvalue weighted by atomic mass is 16.8. The summed E-state index contributed by atoms with van der Waals surface area (Å²) in [6, 6.07) is 4.85. The Kier molecular flexibility index (Phi) is 9.36. The quantitative estimate of drug-likeness (QED) is 0.263. The maximum atomic E-state index is 12.6. The number of rotatable bonds is 11. The van der Waals surface area contributed by atoms with Crippen LogP contribution >= 0.6 is 0 Å². The van der Waals surface area contributed by atoms with E-state index < -0.39 is 31.9 Å². The van der Waals surface area contributed by atoms with E-state index in [0.717, 1.165) is 6.54 Å². The zero-order chi connectivity index (χ0) is 26.2. The van der Waals surface area contributed by atoms with Gasteiger partial charge < -0.3 is 28.8 Å². The summed E-state index contributed by atoms with van der Waals surface area (Å²) in [5.74, 6) is -1.01. The second-order valence-corrected chi connectivity index (χ2v) is 8.90. The maximum Gasteiger partial charge on any atom is 0.526 e. The minimum atomic E-state index is -1.31.